The van der Waals surface area contributed by atoms with Gasteiger partial charge in [0, 0.05) is 23.7 Å². The van der Waals surface area contributed by atoms with E-state index in [2.05, 4.69) is 16.9 Å². The molecule has 3 aromatic rings. The van der Waals surface area contributed by atoms with Crippen molar-refractivity contribution in [2.24, 2.45) is 0 Å². The van der Waals surface area contributed by atoms with E-state index in [1.165, 1.54) is 0 Å². The number of fused-ring (bicyclic) bond motifs is 1. The molecule has 0 amide bonds. The van der Waals surface area contributed by atoms with Gasteiger partial charge in [-0.3, -0.25) is 4.98 Å². The quantitative estimate of drug-likeness (QED) is 0.690. The van der Waals surface area contributed by atoms with Crippen molar-refractivity contribution in [2.45, 2.75) is 6.92 Å². The highest BCUT2D eigenvalue weighted by atomic mass is 16.5. The van der Waals surface area contributed by atoms with Gasteiger partial charge in [-0.2, -0.15) is 0 Å². The first-order valence-electron chi connectivity index (χ1n) is 5.72. The molecule has 2 aromatic heterocycles. The third kappa shape index (κ3) is 1.62. The molecule has 0 radical (unpaired) electrons. The highest BCUT2D eigenvalue weighted by molar-refractivity contribution is 5.66. The van der Waals surface area contributed by atoms with E-state index in [0.29, 0.717) is 0 Å². The number of aromatic nitrogens is 3. The normalized spacial score (nSPS) is 10.8. The van der Waals surface area contributed by atoms with Crippen molar-refractivity contribution < 1.29 is 4.74 Å². The molecule has 0 saturated carbocycles. The minimum absolute atomic E-state index is 0.849. The summed E-state index contributed by atoms with van der Waals surface area (Å²) < 4.78 is 7.19. The van der Waals surface area contributed by atoms with Gasteiger partial charge in [0.15, 0.2) is 5.65 Å². The fourth-order valence-corrected chi connectivity index (χ4v) is 2.05. The molecule has 0 fully saturated rings. The highest BCUT2D eigenvalue weighted by Gasteiger charge is 2.09. The minimum atomic E-state index is 0.849. The summed E-state index contributed by atoms with van der Waals surface area (Å²) in [4.78, 5) is 8.68. The lowest BCUT2D eigenvalue weighted by Crippen LogP contribution is -1.87. The molecule has 18 heavy (non-hydrogen) atoms. The average molecular weight is 239 g/mol. The molecule has 0 N–H and O–H groups in total. The molecule has 0 aliphatic rings. The summed E-state index contributed by atoms with van der Waals surface area (Å²) in [5.41, 5.74) is 4.03. The van der Waals surface area contributed by atoms with Gasteiger partial charge in [0.1, 0.15) is 5.75 Å². The van der Waals surface area contributed by atoms with Gasteiger partial charge in [0.25, 0.3) is 0 Å². The first-order chi connectivity index (χ1) is 8.79. The van der Waals surface area contributed by atoms with Crippen LogP contribution in [0.15, 0.2) is 42.9 Å². The molecule has 0 aliphatic heterocycles. The molecular formula is C14H13N3O. The van der Waals surface area contributed by atoms with Gasteiger partial charge in [-0.05, 0) is 31.2 Å². The van der Waals surface area contributed by atoms with Crippen molar-refractivity contribution in [1.82, 2.24) is 14.4 Å². The van der Waals surface area contributed by atoms with Crippen LogP contribution < -0.4 is 4.74 Å². The zero-order valence-corrected chi connectivity index (χ0v) is 10.3. The van der Waals surface area contributed by atoms with Crippen molar-refractivity contribution in [3.05, 3.63) is 48.5 Å². The number of hydrogen-bond acceptors (Lipinski definition) is 3. The molecule has 0 atom stereocenters. The zero-order valence-electron chi connectivity index (χ0n) is 10.3. The number of methoxy groups -OCH3 is 1. The molecule has 2 heterocycles. The van der Waals surface area contributed by atoms with Crippen LogP contribution in [-0.4, -0.2) is 21.5 Å². The predicted octanol–water partition coefficient (Wildman–Crippen LogP) is 2.71. The lowest BCUT2D eigenvalue weighted by Gasteiger charge is -2.02. The van der Waals surface area contributed by atoms with Crippen LogP contribution in [0.3, 0.4) is 0 Å². The number of rotatable bonds is 2. The van der Waals surface area contributed by atoms with Crippen LogP contribution in [0.1, 0.15) is 5.69 Å². The Morgan fingerprint density at radius 1 is 1.17 bits per heavy atom. The smallest absolute Gasteiger partial charge is 0.156 e. The molecule has 0 saturated heterocycles. The van der Waals surface area contributed by atoms with Crippen LogP contribution in [0.4, 0.5) is 0 Å². The van der Waals surface area contributed by atoms with Crippen LogP contribution in [0.25, 0.3) is 16.9 Å². The molecule has 1 aromatic carbocycles. The Kier molecular flexibility index (Phi) is 2.48. The molecular weight excluding hydrogens is 226 g/mol. The van der Waals surface area contributed by atoms with Crippen molar-refractivity contribution in [1.29, 1.82) is 0 Å². The van der Waals surface area contributed by atoms with Gasteiger partial charge in [0.05, 0.1) is 19.0 Å². The molecule has 0 spiro atoms. The fraction of sp³-hybridized carbons (Fsp3) is 0.143. The minimum Gasteiger partial charge on any atom is -0.497 e. The van der Waals surface area contributed by atoms with Crippen molar-refractivity contribution >= 4 is 5.65 Å². The molecule has 4 heteroatoms. The molecule has 3 rings (SSSR count). The molecule has 0 bridgehead atoms. The number of benzene rings is 1. The first-order valence-corrected chi connectivity index (χ1v) is 5.72. The van der Waals surface area contributed by atoms with E-state index in [9.17, 15) is 0 Å². The summed E-state index contributed by atoms with van der Waals surface area (Å²) >= 11 is 0. The Morgan fingerprint density at radius 3 is 2.61 bits per heavy atom. The maximum Gasteiger partial charge on any atom is 0.156 e. The number of hydrogen-bond donors (Lipinski definition) is 0. The Balaban J connectivity index is 2.15. The Bertz CT molecular complexity index is 686. The van der Waals surface area contributed by atoms with Gasteiger partial charge in [-0.25, -0.2) is 4.98 Å². The van der Waals surface area contributed by atoms with Crippen LogP contribution in [0.2, 0.25) is 0 Å². The first kappa shape index (κ1) is 10.8. The Hall–Kier alpha value is -2.36. The van der Waals surface area contributed by atoms with Crippen molar-refractivity contribution in [3.8, 4) is 17.0 Å². The second-order valence-electron chi connectivity index (χ2n) is 4.08. The maximum atomic E-state index is 5.16. The Morgan fingerprint density at radius 2 is 1.94 bits per heavy atom. The van der Waals surface area contributed by atoms with Crippen molar-refractivity contribution in [3.63, 3.8) is 0 Å². The summed E-state index contributed by atoms with van der Waals surface area (Å²) in [5.74, 6) is 0.849. The molecule has 90 valence electrons. The average Bonchev–Trinajstić information content (AvgIpc) is 2.77. The van der Waals surface area contributed by atoms with E-state index in [1.807, 2.05) is 34.9 Å². The highest BCUT2D eigenvalue weighted by Crippen LogP contribution is 2.25. The SMILES string of the molecule is COc1ccc(-c2nc3cnccn3c2C)cc1. The second kappa shape index (κ2) is 4.14. The van der Waals surface area contributed by atoms with Gasteiger partial charge >= 0.3 is 0 Å². The van der Waals surface area contributed by atoms with E-state index in [-0.39, 0.29) is 0 Å². The van der Waals surface area contributed by atoms with Gasteiger partial charge in [0.2, 0.25) is 0 Å². The van der Waals surface area contributed by atoms with Crippen LogP contribution >= 0.6 is 0 Å². The monoisotopic (exact) mass is 239 g/mol. The molecule has 0 unspecified atom stereocenters. The van der Waals surface area contributed by atoms with Gasteiger partial charge in [-0.1, -0.05) is 0 Å². The van der Waals surface area contributed by atoms with Gasteiger partial charge < -0.3 is 9.14 Å². The number of imidazole rings is 1. The van der Waals surface area contributed by atoms with E-state index in [4.69, 9.17) is 4.74 Å². The van der Waals surface area contributed by atoms with E-state index in [1.54, 1.807) is 19.5 Å². The third-order valence-electron chi connectivity index (χ3n) is 3.03. The zero-order chi connectivity index (χ0) is 12.5. The van der Waals surface area contributed by atoms with Crippen LogP contribution in [0.5, 0.6) is 5.75 Å². The van der Waals surface area contributed by atoms with Crippen molar-refractivity contribution in [2.75, 3.05) is 7.11 Å². The lowest BCUT2D eigenvalue weighted by molar-refractivity contribution is 0.415. The van der Waals surface area contributed by atoms with Crippen LogP contribution in [-0.2, 0) is 0 Å². The largest absolute Gasteiger partial charge is 0.497 e. The van der Waals surface area contributed by atoms with Crippen LogP contribution in [0, 0.1) is 6.92 Å². The lowest BCUT2D eigenvalue weighted by atomic mass is 10.1. The van der Waals surface area contributed by atoms with Gasteiger partial charge in [-0.15, -0.1) is 0 Å². The number of ether oxygens (including phenoxy) is 1. The molecule has 4 nitrogen and oxygen atoms in total. The number of nitrogens with zero attached hydrogens (tertiary/aromatic N) is 3. The standard InChI is InChI=1S/C14H13N3O/c1-10-14(11-3-5-12(18-2)6-4-11)16-13-9-15-7-8-17(10)13/h3-9H,1-2H3. The third-order valence-corrected chi connectivity index (χ3v) is 3.03. The molecule has 0 aliphatic carbocycles. The van der Waals surface area contributed by atoms with E-state index < -0.39 is 0 Å². The summed E-state index contributed by atoms with van der Waals surface area (Å²) in [7, 11) is 1.66. The summed E-state index contributed by atoms with van der Waals surface area (Å²) in [6, 6.07) is 7.91. The Labute approximate surface area is 105 Å². The summed E-state index contributed by atoms with van der Waals surface area (Å²) in [6.45, 7) is 2.06. The summed E-state index contributed by atoms with van der Waals surface area (Å²) in [5, 5.41) is 0. The predicted molar refractivity (Wildman–Crippen MR) is 69.7 cm³/mol. The fourth-order valence-electron chi connectivity index (χ4n) is 2.05. The second-order valence-corrected chi connectivity index (χ2v) is 4.08. The topological polar surface area (TPSA) is 39.4 Å². The number of aryl methyl sites for hydroxylation is 1. The summed E-state index contributed by atoms with van der Waals surface area (Å²) in [6.07, 6.45) is 5.45. The van der Waals surface area contributed by atoms with E-state index >= 15 is 0 Å². The maximum absolute atomic E-state index is 5.16. The van der Waals surface area contributed by atoms with E-state index in [0.717, 1.165) is 28.3 Å².